The van der Waals surface area contributed by atoms with E-state index in [9.17, 15) is 4.79 Å². The molecule has 7 nitrogen and oxygen atoms in total. The van der Waals surface area contributed by atoms with Crippen LogP contribution in [0.4, 0.5) is 0 Å². The molecule has 0 aliphatic carbocycles. The fourth-order valence-electron chi connectivity index (χ4n) is 3.17. The second kappa shape index (κ2) is 7.03. The number of aromatic nitrogens is 3. The fraction of sp³-hybridized carbons (Fsp3) is 0.316. The molecule has 2 aromatic heterocycles. The van der Waals surface area contributed by atoms with E-state index >= 15 is 0 Å². The molecular weight excluding hydrogens is 332 g/mol. The second-order valence-electron chi connectivity index (χ2n) is 6.40. The number of carbonyl (C=O) groups excluding carboxylic acids is 1. The number of piperidine rings is 1. The normalized spacial score (nSPS) is 17.3. The zero-order valence-electron chi connectivity index (χ0n) is 14.5. The Kier molecular flexibility index (Phi) is 4.43. The van der Waals surface area contributed by atoms with Crippen LogP contribution in [0.2, 0.25) is 0 Å². The summed E-state index contributed by atoms with van der Waals surface area (Å²) in [6.07, 6.45) is 1.89. The summed E-state index contributed by atoms with van der Waals surface area (Å²) in [5.74, 6) is 2.82. The molecule has 0 unspecified atom stereocenters. The van der Waals surface area contributed by atoms with E-state index in [1.807, 2.05) is 37.3 Å². The molecule has 1 aromatic carbocycles. The molecule has 7 heteroatoms. The molecule has 3 aromatic rings. The molecule has 1 fully saturated rings. The van der Waals surface area contributed by atoms with Gasteiger partial charge in [0.15, 0.2) is 11.6 Å². The Morgan fingerprint density at radius 1 is 1.27 bits per heavy atom. The first kappa shape index (κ1) is 16.4. The zero-order valence-corrected chi connectivity index (χ0v) is 14.5. The third-order valence-electron chi connectivity index (χ3n) is 4.44. The topological polar surface area (TPSA) is 84.2 Å². The van der Waals surface area contributed by atoms with Gasteiger partial charge in [-0.15, -0.1) is 0 Å². The number of aryl methyl sites for hydroxylation is 1. The number of H-pyrrole nitrogens is 1. The molecule has 1 aliphatic heterocycles. The van der Waals surface area contributed by atoms with Gasteiger partial charge in [0.2, 0.25) is 0 Å². The Morgan fingerprint density at radius 3 is 2.88 bits per heavy atom. The number of benzene rings is 1. The van der Waals surface area contributed by atoms with Crippen molar-refractivity contribution in [3.8, 4) is 11.7 Å². The van der Waals surface area contributed by atoms with Gasteiger partial charge in [0.05, 0.1) is 0 Å². The summed E-state index contributed by atoms with van der Waals surface area (Å²) < 4.78 is 11.2. The monoisotopic (exact) mass is 352 g/mol. The summed E-state index contributed by atoms with van der Waals surface area (Å²) in [7, 11) is 0. The standard InChI is InChI=1S/C19H20N4O3/c1-13-20-18(22-21-13)14-6-5-11-23(12-14)19(24)16-9-10-17(26-16)25-15-7-3-2-4-8-15/h2-4,7-10,14H,5-6,11-12H2,1H3,(H,20,21,22)/t14-/m1/s1. The van der Waals surface area contributed by atoms with Crippen LogP contribution in [0.15, 0.2) is 46.9 Å². The molecule has 0 radical (unpaired) electrons. The van der Waals surface area contributed by atoms with Crippen molar-refractivity contribution in [1.82, 2.24) is 20.1 Å². The van der Waals surface area contributed by atoms with E-state index in [0.717, 1.165) is 24.5 Å². The van der Waals surface area contributed by atoms with Crippen LogP contribution in [0.3, 0.4) is 0 Å². The van der Waals surface area contributed by atoms with Crippen LogP contribution in [0, 0.1) is 6.92 Å². The maximum atomic E-state index is 12.8. The van der Waals surface area contributed by atoms with E-state index in [1.165, 1.54) is 0 Å². The average Bonchev–Trinajstić information content (AvgIpc) is 3.31. The highest BCUT2D eigenvalue weighted by Gasteiger charge is 2.29. The molecule has 26 heavy (non-hydrogen) atoms. The molecule has 0 spiro atoms. The summed E-state index contributed by atoms with van der Waals surface area (Å²) in [4.78, 5) is 19.0. The summed E-state index contributed by atoms with van der Waals surface area (Å²) >= 11 is 0. The molecular formula is C19H20N4O3. The highest BCUT2D eigenvalue weighted by Crippen LogP contribution is 2.28. The van der Waals surface area contributed by atoms with Gasteiger partial charge in [0, 0.05) is 25.1 Å². The number of amides is 1. The van der Waals surface area contributed by atoms with Gasteiger partial charge in [-0.25, -0.2) is 4.98 Å². The third-order valence-corrected chi connectivity index (χ3v) is 4.44. The molecule has 3 heterocycles. The predicted molar refractivity (Wildman–Crippen MR) is 94.2 cm³/mol. The summed E-state index contributed by atoms with van der Waals surface area (Å²) in [6.45, 7) is 3.17. The van der Waals surface area contributed by atoms with E-state index in [1.54, 1.807) is 17.0 Å². The van der Waals surface area contributed by atoms with Crippen molar-refractivity contribution in [3.63, 3.8) is 0 Å². The minimum absolute atomic E-state index is 0.134. The Morgan fingerprint density at radius 2 is 2.12 bits per heavy atom. The Balaban J connectivity index is 1.44. The number of aromatic amines is 1. The van der Waals surface area contributed by atoms with Crippen molar-refractivity contribution >= 4 is 5.91 Å². The lowest BCUT2D eigenvalue weighted by molar-refractivity contribution is 0.0667. The average molecular weight is 352 g/mol. The lowest BCUT2D eigenvalue weighted by Crippen LogP contribution is -2.39. The number of hydrogen-bond acceptors (Lipinski definition) is 5. The van der Waals surface area contributed by atoms with E-state index in [4.69, 9.17) is 9.15 Å². The molecule has 134 valence electrons. The van der Waals surface area contributed by atoms with Crippen LogP contribution >= 0.6 is 0 Å². The summed E-state index contributed by atoms with van der Waals surface area (Å²) in [5.41, 5.74) is 0. The van der Waals surface area contributed by atoms with Crippen LogP contribution < -0.4 is 4.74 Å². The van der Waals surface area contributed by atoms with E-state index in [-0.39, 0.29) is 17.6 Å². The molecule has 4 rings (SSSR count). The number of rotatable bonds is 4. The molecule has 1 atom stereocenters. The highest BCUT2D eigenvalue weighted by molar-refractivity contribution is 5.91. The SMILES string of the molecule is Cc1nc([C@@H]2CCCN(C(=O)c3ccc(Oc4ccccc4)o3)C2)n[nH]1. The van der Waals surface area contributed by atoms with Crippen LogP contribution in [0.5, 0.6) is 11.7 Å². The van der Waals surface area contributed by atoms with Gasteiger partial charge < -0.3 is 14.1 Å². The third kappa shape index (κ3) is 3.46. The van der Waals surface area contributed by atoms with Crippen molar-refractivity contribution < 1.29 is 13.9 Å². The summed E-state index contributed by atoms with van der Waals surface area (Å²) in [6, 6.07) is 12.6. The van der Waals surface area contributed by atoms with Gasteiger partial charge in [-0.3, -0.25) is 9.89 Å². The van der Waals surface area contributed by atoms with Crippen LogP contribution in [-0.2, 0) is 0 Å². The smallest absolute Gasteiger partial charge is 0.290 e. The molecule has 1 saturated heterocycles. The Hall–Kier alpha value is -3.09. The number of carbonyl (C=O) groups is 1. The highest BCUT2D eigenvalue weighted by atomic mass is 16.6. The number of furan rings is 1. The Bertz CT molecular complexity index is 887. The molecule has 0 bridgehead atoms. The maximum Gasteiger partial charge on any atom is 0.290 e. The quantitative estimate of drug-likeness (QED) is 0.777. The molecule has 1 amide bonds. The second-order valence-corrected chi connectivity index (χ2v) is 6.40. The lowest BCUT2D eigenvalue weighted by Gasteiger charge is -2.30. The van der Waals surface area contributed by atoms with Crippen LogP contribution in [-0.4, -0.2) is 39.1 Å². The Labute approximate surface area is 151 Å². The van der Waals surface area contributed by atoms with Gasteiger partial charge in [0.25, 0.3) is 11.9 Å². The van der Waals surface area contributed by atoms with Crippen molar-refractivity contribution in [2.75, 3.05) is 13.1 Å². The van der Waals surface area contributed by atoms with Gasteiger partial charge in [-0.05, 0) is 38.0 Å². The first-order valence-electron chi connectivity index (χ1n) is 8.70. The summed E-state index contributed by atoms with van der Waals surface area (Å²) in [5, 5.41) is 7.11. The van der Waals surface area contributed by atoms with Gasteiger partial charge in [-0.2, -0.15) is 5.10 Å². The fourth-order valence-corrected chi connectivity index (χ4v) is 3.17. The number of ether oxygens (including phenoxy) is 1. The van der Waals surface area contributed by atoms with E-state index < -0.39 is 0 Å². The van der Waals surface area contributed by atoms with Crippen molar-refractivity contribution in [2.24, 2.45) is 0 Å². The van der Waals surface area contributed by atoms with Crippen molar-refractivity contribution in [1.29, 1.82) is 0 Å². The predicted octanol–water partition coefficient (Wildman–Crippen LogP) is 3.52. The first-order valence-corrected chi connectivity index (χ1v) is 8.70. The zero-order chi connectivity index (χ0) is 17.9. The van der Waals surface area contributed by atoms with Crippen molar-refractivity contribution in [3.05, 3.63) is 59.9 Å². The van der Waals surface area contributed by atoms with Gasteiger partial charge in [0.1, 0.15) is 11.6 Å². The minimum atomic E-state index is -0.134. The van der Waals surface area contributed by atoms with E-state index in [0.29, 0.717) is 24.8 Å². The lowest BCUT2D eigenvalue weighted by atomic mass is 9.97. The van der Waals surface area contributed by atoms with Crippen LogP contribution in [0.25, 0.3) is 0 Å². The largest absolute Gasteiger partial charge is 0.426 e. The number of likely N-dealkylation sites (tertiary alicyclic amines) is 1. The number of hydrogen-bond donors (Lipinski definition) is 1. The van der Waals surface area contributed by atoms with Gasteiger partial charge in [-0.1, -0.05) is 18.2 Å². The molecule has 1 N–H and O–H groups in total. The first-order chi connectivity index (χ1) is 12.7. The number of nitrogens with one attached hydrogen (secondary N) is 1. The number of para-hydroxylation sites is 1. The minimum Gasteiger partial charge on any atom is -0.426 e. The maximum absolute atomic E-state index is 12.8. The van der Waals surface area contributed by atoms with Crippen LogP contribution in [0.1, 0.15) is 41.0 Å². The molecule has 1 aliphatic rings. The number of nitrogens with zero attached hydrogens (tertiary/aromatic N) is 3. The van der Waals surface area contributed by atoms with E-state index in [2.05, 4.69) is 15.2 Å². The van der Waals surface area contributed by atoms with Crippen molar-refractivity contribution in [2.45, 2.75) is 25.7 Å². The van der Waals surface area contributed by atoms with Gasteiger partial charge >= 0.3 is 0 Å². The molecule has 0 saturated carbocycles.